The quantitative estimate of drug-likeness (QED) is 0.693. The van der Waals surface area contributed by atoms with Gasteiger partial charge in [-0.1, -0.05) is 29.8 Å². The summed E-state index contributed by atoms with van der Waals surface area (Å²) >= 11 is 5.50. The average molecular weight is 466 g/mol. The Morgan fingerprint density at radius 3 is 2.62 bits per heavy atom. The second-order valence-corrected chi connectivity index (χ2v) is 7.79. The van der Waals surface area contributed by atoms with Gasteiger partial charge in [0.15, 0.2) is 0 Å². The van der Waals surface area contributed by atoms with Crippen LogP contribution in [0.5, 0.6) is 0 Å². The first-order valence-electron chi connectivity index (χ1n) is 6.75. The van der Waals surface area contributed by atoms with E-state index in [0.717, 1.165) is 8.04 Å². The lowest BCUT2D eigenvalue weighted by molar-refractivity contribution is -0.150. The number of amides is 1. The van der Waals surface area contributed by atoms with Gasteiger partial charge in [-0.3, -0.25) is 9.59 Å². The van der Waals surface area contributed by atoms with Crippen molar-refractivity contribution in [2.75, 3.05) is 13.1 Å². The van der Waals surface area contributed by atoms with Crippen LogP contribution >= 0.6 is 38.5 Å². The van der Waals surface area contributed by atoms with Crippen LogP contribution in [-0.2, 0) is 4.79 Å². The third-order valence-electron chi connectivity index (χ3n) is 4.28. The van der Waals surface area contributed by atoms with E-state index in [-0.39, 0.29) is 18.4 Å². The topological polar surface area (TPSA) is 57.6 Å². The number of likely N-dealkylation sites (tertiary alicyclic amines) is 1. The fourth-order valence-electron chi connectivity index (χ4n) is 2.73. The van der Waals surface area contributed by atoms with Gasteiger partial charge >= 0.3 is 5.97 Å². The Balaban J connectivity index is 2.27. The molecule has 4 nitrogen and oxygen atoms in total. The zero-order valence-electron chi connectivity index (χ0n) is 11.9. The van der Waals surface area contributed by atoms with Gasteiger partial charge in [0, 0.05) is 21.1 Å². The minimum atomic E-state index is -0.826. The Morgan fingerprint density at radius 2 is 2.10 bits per heavy atom. The summed E-state index contributed by atoms with van der Waals surface area (Å²) in [5, 5.41) is 9.56. The Hall–Kier alpha value is -0.630. The molecule has 0 aliphatic carbocycles. The fourth-order valence-corrected chi connectivity index (χ4v) is 3.66. The van der Waals surface area contributed by atoms with Crippen LogP contribution in [-0.4, -0.2) is 35.0 Å². The first-order chi connectivity index (χ1) is 9.78. The molecule has 1 unspecified atom stereocenters. The van der Waals surface area contributed by atoms with E-state index >= 15 is 0 Å². The summed E-state index contributed by atoms with van der Waals surface area (Å²) in [5.74, 6) is -0.907. The summed E-state index contributed by atoms with van der Waals surface area (Å²) in [6.07, 6.45) is 0.510. The molecule has 1 saturated heterocycles. The summed E-state index contributed by atoms with van der Waals surface area (Å²) < 4.78 is 1.72. The third-order valence-corrected chi connectivity index (χ3v) is 5.71. The van der Waals surface area contributed by atoms with E-state index in [1.165, 1.54) is 0 Å². The SMILES string of the molecule is CC(C)C1(C(=O)O)CCN(C(=O)c2cc(Br)ccc2I)C1. The van der Waals surface area contributed by atoms with Gasteiger partial charge < -0.3 is 10.0 Å². The summed E-state index contributed by atoms with van der Waals surface area (Å²) in [5.41, 5.74) is -0.206. The monoisotopic (exact) mass is 465 g/mol. The van der Waals surface area contributed by atoms with E-state index < -0.39 is 11.4 Å². The molecule has 6 heteroatoms. The number of carbonyl (C=O) groups is 2. The normalized spacial score (nSPS) is 21.9. The molecule has 0 saturated carbocycles. The van der Waals surface area contributed by atoms with Crippen LogP contribution in [0.15, 0.2) is 22.7 Å². The van der Waals surface area contributed by atoms with E-state index in [9.17, 15) is 14.7 Å². The summed E-state index contributed by atoms with van der Waals surface area (Å²) in [6, 6.07) is 5.55. The number of aliphatic carboxylic acids is 1. The van der Waals surface area contributed by atoms with E-state index in [4.69, 9.17) is 0 Å². The third kappa shape index (κ3) is 3.11. The van der Waals surface area contributed by atoms with E-state index in [1.54, 1.807) is 11.0 Å². The highest BCUT2D eigenvalue weighted by atomic mass is 127. The molecular formula is C15H17BrINO3. The molecule has 1 N–H and O–H groups in total. The number of nitrogens with zero attached hydrogens (tertiary/aromatic N) is 1. The molecule has 114 valence electrons. The van der Waals surface area contributed by atoms with Crippen molar-refractivity contribution in [3.63, 3.8) is 0 Å². The predicted molar refractivity (Wildman–Crippen MR) is 92.3 cm³/mol. The molecule has 1 fully saturated rings. The molecule has 0 aromatic heterocycles. The van der Waals surface area contributed by atoms with Gasteiger partial charge in [-0.2, -0.15) is 0 Å². The smallest absolute Gasteiger partial charge is 0.311 e. The molecule has 1 aliphatic heterocycles. The molecule has 1 aliphatic rings. The second-order valence-electron chi connectivity index (χ2n) is 5.72. The standard InChI is InChI=1S/C15H17BrINO3/c1-9(2)15(14(20)21)5-6-18(8-15)13(19)11-7-10(16)3-4-12(11)17/h3-4,7,9H,5-6,8H2,1-2H3,(H,20,21). The molecule has 0 bridgehead atoms. The average Bonchev–Trinajstić information content (AvgIpc) is 2.87. The van der Waals surface area contributed by atoms with Crippen molar-refractivity contribution >= 4 is 50.4 Å². The van der Waals surface area contributed by atoms with Crippen LogP contribution in [0.1, 0.15) is 30.6 Å². The van der Waals surface area contributed by atoms with Crippen molar-refractivity contribution in [2.24, 2.45) is 11.3 Å². The molecule has 2 rings (SSSR count). The van der Waals surface area contributed by atoms with E-state index in [1.807, 2.05) is 26.0 Å². The first-order valence-corrected chi connectivity index (χ1v) is 8.63. The van der Waals surface area contributed by atoms with Gasteiger partial charge in [-0.15, -0.1) is 0 Å². The Bertz CT molecular complexity index is 590. The lowest BCUT2D eigenvalue weighted by atomic mass is 9.76. The minimum Gasteiger partial charge on any atom is -0.481 e. The van der Waals surface area contributed by atoms with Gasteiger partial charge in [0.05, 0.1) is 11.0 Å². The minimum absolute atomic E-state index is 0.00520. The number of hydrogen-bond donors (Lipinski definition) is 1. The van der Waals surface area contributed by atoms with Crippen molar-refractivity contribution in [3.8, 4) is 0 Å². The van der Waals surface area contributed by atoms with Gasteiger partial charge in [-0.25, -0.2) is 0 Å². The highest BCUT2D eigenvalue weighted by molar-refractivity contribution is 14.1. The van der Waals surface area contributed by atoms with Crippen LogP contribution in [0.4, 0.5) is 0 Å². The maximum atomic E-state index is 12.7. The largest absolute Gasteiger partial charge is 0.481 e. The zero-order chi connectivity index (χ0) is 15.8. The molecule has 0 radical (unpaired) electrons. The van der Waals surface area contributed by atoms with Gasteiger partial charge in [0.2, 0.25) is 0 Å². The predicted octanol–water partition coefficient (Wildman–Crippen LogP) is 3.63. The number of carboxylic acids is 1. The Labute approximate surface area is 146 Å². The van der Waals surface area contributed by atoms with Crippen molar-refractivity contribution in [2.45, 2.75) is 20.3 Å². The Morgan fingerprint density at radius 1 is 1.43 bits per heavy atom. The van der Waals surface area contributed by atoms with Crippen LogP contribution in [0, 0.1) is 14.9 Å². The molecule has 1 atom stereocenters. The number of rotatable bonds is 3. The fraction of sp³-hybridized carbons (Fsp3) is 0.467. The number of carboxylic acid groups (broad SMARTS) is 1. The molecular weight excluding hydrogens is 449 g/mol. The zero-order valence-corrected chi connectivity index (χ0v) is 15.6. The molecule has 1 heterocycles. The summed E-state index contributed by atoms with van der Waals surface area (Å²) in [6.45, 7) is 4.59. The van der Waals surface area contributed by atoms with Gasteiger partial charge in [-0.05, 0) is 53.1 Å². The van der Waals surface area contributed by atoms with Crippen molar-refractivity contribution < 1.29 is 14.7 Å². The van der Waals surface area contributed by atoms with E-state index in [0.29, 0.717) is 18.5 Å². The second kappa shape index (κ2) is 6.24. The van der Waals surface area contributed by atoms with Crippen molar-refractivity contribution in [1.29, 1.82) is 0 Å². The van der Waals surface area contributed by atoms with Crippen LogP contribution in [0.3, 0.4) is 0 Å². The van der Waals surface area contributed by atoms with Crippen LogP contribution in [0.2, 0.25) is 0 Å². The molecule has 0 spiro atoms. The van der Waals surface area contributed by atoms with Gasteiger partial charge in [0.25, 0.3) is 5.91 Å². The number of hydrogen-bond acceptors (Lipinski definition) is 2. The molecule has 1 aromatic rings. The van der Waals surface area contributed by atoms with Crippen molar-refractivity contribution in [1.82, 2.24) is 4.90 Å². The molecule has 21 heavy (non-hydrogen) atoms. The summed E-state index contributed by atoms with van der Waals surface area (Å²) in [4.78, 5) is 26.0. The van der Waals surface area contributed by atoms with Crippen molar-refractivity contribution in [3.05, 3.63) is 31.8 Å². The highest BCUT2D eigenvalue weighted by Gasteiger charge is 2.48. The van der Waals surface area contributed by atoms with Crippen LogP contribution < -0.4 is 0 Å². The number of halogens is 2. The first kappa shape index (κ1) is 16.7. The Kier molecular flexibility index (Phi) is 4.97. The molecule has 1 amide bonds. The molecule has 1 aromatic carbocycles. The lowest BCUT2D eigenvalue weighted by Gasteiger charge is -2.28. The number of benzene rings is 1. The maximum absolute atomic E-state index is 12.7. The van der Waals surface area contributed by atoms with Crippen LogP contribution in [0.25, 0.3) is 0 Å². The van der Waals surface area contributed by atoms with Gasteiger partial charge in [0.1, 0.15) is 0 Å². The number of carbonyl (C=O) groups excluding carboxylic acids is 1. The van der Waals surface area contributed by atoms with E-state index in [2.05, 4.69) is 38.5 Å². The lowest BCUT2D eigenvalue weighted by Crippen LogP contribution is -2.40. The highest BCUT2D eigenvalue weighted by Crippen LogP contribution is 2.39. The summed E-state index contributed by atoms with van der Waals surface area (Å²) in [7, 11) is 0. The maximum Gasteiger partial charge on any atom is 0.311 e.